The molecule has 1 aromatic carbocycles. The second kappa shape index (κ2) is 5.49. The molecule has 0 atom stereocenters. The second-order valence-corrected chi connectivity index (χ2v) is 4.42. The number of aryl methyl sites for hydroxylation is 1. The average molecular weight is 271 g/mol. The van der Waals surface area contributed by atoms with Crippen molar-refractivity contribution in [2.45, 2.75) is 13.0 Å². The standard InChI is InChI=1S/C11H12Cl2N4/c12-8-3-1-4-9(13)11(8)10-7-17(16-15-10)6-2-5-14/h1,3-4,7H,2,5-6,14H2. The Labute approximate surface area is 109 Å². The number of rotatable bonds is 4. The number of hydrogen-bond acceptors (Lipinski definition) is 3. The normalized spacial score (nSPS) is 10.8. The van der Waals surface area contributed by atoms with Gasteiger partial charge in [-0.2, -0.15) is 0 Å². The summed E-state index contributed by atoms with van der Waals surface area (Å²) in [6.07, 6.45) is 2.68. The van der Waals surface area contributed by atoms with Crippen molar-refractivity contribution in [1.82, 2.24) is 15.0 Å². The van der Waals surface area contributed by atoms with Crippen LogP contribution in [-0.2, 0) is 6.54 Å². The Bertz CT molecular complexity index is 490. The molecule has 1 aromatic heterocycles. The molecule has 1 heterocycles. The van der Waals surface area contributed by atoms with Crippen LogP contribution in [0.2, 0.25) is 10.0 Å². The van der Waals surface area contributed by atoms with Crippen molar-refractivity contribution in [3.63, 3.8) is 0 Å². The molecule has 0 saturated heterocycles. The van der Waals surface area contributed by atoms with E-state index in [9.17, 15) is 0 Å². The Morgan fingerprint density at radius 3 is 2.59 bits per heavy atom. The number of nitrogens with two attached hydrogens (primary N) is 1. The summed E-state index contributed by atoms with van der Waals surface area (Å²) in [5.41, 5.74) is 6.83. The molecule has 0 saturated carbocycles. The summed E-state index contributed by atoms with van der Waals surface area (Å²) >= 11 is 12.2. The van der Waals surface area contributed by atoms with Crippen LogP contribution in [0.3, 0.4) is 0 Å². The summed E-state index contributed by atoms with van der Waals surface area (Å²) in [5, 5.41) is 9.22. The number of nitrogens with zero attached hydrogens (tertiary/aromatic N) is 3. The van der Waals surface area contributed by atoms with Crippen LogP contribution in [0.5, 0.6) is 0 Å². The lowest BCUT2D eigenvalue weighted by atomic mass is 10.2. The summed E-state index contributed by atoms with van der Waals surface area (Å²) in [6.45, 7) is 1.37. The molecule has 0 radical (unpaired) electrons. The van der Waals surface area contributed by atoms with Crippen LogP contribution in [-0.4, -0.2) is 21.5 Å². The Kier molecular flexibility index (Phi) is 3.99. The van der Waals surface area contributed by atoms with Gasteiger partial charge in [-0.25, -0.2) is 0 Å². The van der Waals surface area contributed by atoms with E-state index in [1.54, 1.807) is 22.9 Å². The van der Waals surface area contributed by atoms with E-state index in [4.69, 9.17) is 28.9 Å². The van der Waals surface area contributed by atoms with E-state index < -0.39 is 0 Å². The largest absolute Gasteiger partial charge is 0.330 e. The highest BCUT2D eigenvalue weighted by Gasteiger charge is 2.11. The minimum Gasteiger partial charge on any atom is -0.330 e. The number of halogens is 2. The van der Waals surface area contributed by atoms with Crippen LogP contribution in [0.25, 0.3) is 11.3 Å². The van der Waals surface area contributed by atoms with E-state index >= 15 is 0 Å². The summed E-state index contributed by atoms with van der Waals surface area (Å²) in [5.74, 6) is 0. The fraction of sp³-hybridized carbons (Fsp3) is 0.273. The Morgan fingerprint density at radius 2 is 1.94 bits per heavy atom. The average Bonchev–Trinajstić information content (AvgIpc) is 2.75. The van der Waals surface area contributed by atoms with Crippen molar-refractivity contribution in [1.29, 1.82) is 0 Å². The van der Waals surface area contributed by atoms with Crippen molar-refractivity contribution in [2.24, 2.45) is 5.73 Å². The quantitative estimate of drug-likeness (QED) is 0.929. The van der Waals surface area contributed by atoms with Gasteiger partial charge in [-0.3, -0.25) is 4.68 Å². The number of aromatic nitrogens is 3. The Hall–Kier alpha value is -1.10. The maximum Gasteiger partial charge on any atom is 0.116 e. The predicted molar refractivity (Wildman–Crippen MR) is 69.1 cm³/mol. The first-order valence-electron chi connectivity index (χ1n) is 5.27. The SMILES string of the molecule is NCCCn1cc(-c2c(Cl)cccc2Cl)nn1. The van der Waals surface area contributed by atoms with Crippen molar-refractivity contribution >= 4 is 23.2 Å². The van der Waals surface area contributed by atoms with Gasteiger partial charge < -0.3 is 5.73 Å². The van der Waals surface area contributed by atoms with E-state index in [0.29, 0.717) is 22.3 Å². The first-order valence-corrected chi connectivity index (χ1v) is 6.02. The molecular formula is C11H12Cl2N4. The van der Waals surface area contributed by atoms with Gasteiger partial charge in [-0.15, -0.1) is 5.10 Å². The Balaban J connectivity index is 2.30. The maximum atomic E-state index is 6.10. The van der Waals surface area contributed by atoms with E-state index in [1.165, 1.54) is 0 Å². The summed E-state index contributed by atoms with van der Waals surface area (Å²) in [7, 11) is 0. The highest BCUT2D eigenvalue weighted by molar-refractivity contribution is 6.39. The zero-order chi connectivity index (χ0) is 12.3. The molecule has 0 unspecified atom stereocenters. The first-order chi connectivity index (χ1) is 8.22. The second-order valence-electron chi connectivity index (χ2n) is 3.61. The molecule has 90 valence electrons. The van der Waals surface area contributed by atoms with E-state index in [0.717, 1.165) is 18.5 Å². The molecule has 0 spiro atoms. The fourth-order valence-corrected chi connectivity index (χ4v) is 2.11. The molecule has 4 nitrogen and oxygen atoms in total. The summed E-state index contributed by atoms with van der Waals surface area (Å²) in [6, 6.07) is 5.36. The van der Waals surface area contributed by atoms with Crippen molar-refractivity contribution in [3.05, 3.63) is 34.4 Å². The molecule has 17 heavy (non-hydrogen) atoms. The molecule has 2 rings (SSSR count). The van der Waals surface area contributed by atoms with Gasteiger partial charge in [0, 0.05) is 12.1 Å². The summed E-state index contributed by atoms with van der Waals surface area (Å²) < 4.78 is 1.74. The molecule has 0 aliphatic heterocycles. The van der Waals surface area contributed by atoms with E-state index in [-0.39, 0.29) is 0 Å². The third-order valence-corrected chi connectivity index (χ3v) is 2.98. The van der Waals surface area contributed by atoms with Crippen LogP contribution >= 0.6 is 23.2 Å². The molecule has 2 N–H and O–H groups in total. The zero-order valence-corrected chi connectivity index (χ0v) is 10.6. The number of benzene rings is 1. The zero-order valence-electron chi connectivity index (χ0n) is 9.11. The third-order valence-electron chi connectivity index (χ3n) is 2.35. The molecule has 0 aliphatic carbocycles. The van der Waals surface area contributed by atoms with Crippen molar-refractivity contribution < 1.29 is 0 Å². The van der Waals surface area contributed by atoms with Crippen LogP contribution < -0.4 is 5.73 Å². The minimum absolute atomic E-state index is 0.573. The molecule has 0 bridgehead atoms. The fourth-order valence-electron chi connectivity index (χ4n) is 1.52. The lowest BCUT2D eigenvalue weighted by Gasteiger charge is -2.02. The molecule has 0 amide bonds. The van der Waals surface area contributed by atoms with Gasteiger partial charge >= 0.3 is 0 Å². The molecule has 2 aromatic rings. The van der Waals surface area contributed by atoms with Crippen molar-refractivity contribution in [2.75, 3.05) is 6.54 Å². The Morgan fingerprint density at radius 1 is 1.24 bits per heavy atom. The van der Waals surface area contributed by atoms with E-state index in [2.05, 4.69) is 10.3 Å². The molecular weight excluding hydrogens is 259 g/mol. The monoisotopic (exact) mass is 270 g/mol. The smallest absolute Gasteiger partial charge is 0.116 e. The highest BCUT2D eigenvalue weighted by Crippen LogP contribution is 2.32. The molecule has 0 fully saturated rings. The van der Waals surface area contributed by atoms with Crippen molar-refractivity contribution in [3.8, 4) is 11.3 Å². The first kappa shape index (κ1) is 12.4. The third kappa shape index (κ3) is 2.77. The lowest BCUT2D eigenvalue weighted by molar-refractivity contribution is 0.564. The van der Waals surface area contributed by atoms with Crippen LogP contribution in [0.4, 0.5) is 0 Å². The number of hydrogen-bond donors (Lipinski definition) is 1. The predicted octanol–water partition coefficient (Wildman–Crippen LogP) is 2.60. The van der Waals surface area contributed by atoms with Gasteiger partial charge in [0.05, 0.1) is 16.2 Å². The van der Waals surface area contributed by atoms with Crippen LogP contribution in [0.15, 0.2) is 24.4 Å². The van der Waals surface area contributed by atoms with Gasteiger partial charge in [-0.1, -0.05) is 34.5 Å². The van der Waals surface area contributed by atoms with Gasteiger partial charge in [0.25, 0.3) is 0 Å². The van der Waals surface area contributed by atoms with Gasteiger partial charge in [0.15, 0.2) is 0 Å². The lowest BCUT2D eigenvalue weighted by Crippen LogP contribution is -2.06. The van der Waals surface area contributed by atoms with Gasteiger partial charge in [0.1, 0.15) is 5.69 Å². The van der Waals surface area contributed by atoms with E-state index in [1.807, 2.05) is 6.20 Å². The molecule has 6 heteroatoms. The van der Waals surface area contributed by atoms with Crippen LogP contribution in [0.1, 0.15) is 6.42 Å². The topological polar surface area (TPSA) is 56.7 Å². The van der Waals surface area contributed by atoms with Gasteiger partial charge in [0.2, 0.25) is 0 Å². The van der Waals surface area contributed by atoms with Gasteiger partial charge in [-0.05, 0) is 25.1 Å². The molecule has 0 aliphatic rings. The maximum absolute atomic E-state index is 6.10. The summed E-state index contributed by atoms with van der Waals surface area (Å²) in [4.78, 5) is 0. The highest BCUT2D eigenvalue weighted by atomic mass is 35.5. The minimum atomic E-state index is 0.573. The van der Waals surface area contributed by atoms with Crippen LogP contribution in [0, 0.1) is 0 Å².